The highest BCUT2D eigenvalue weighted by molar-refractivity contribution is 5.56. The second-order valence-electron chi connectivity index (χ2n) is 5.89. The minimum absolute atomic E-state index is 0.475. The average molecular weight is 280 g/mol. The highest BCUT2D eigenvalue weighted by atomic mass is 15.1. The first-order chi connectivity index (χ1) is 10.3. The van der Waals surface area contributed by atoms with Crippen LogP contribution in [0.25, 0.3) is 0 Å². The monoisotopic (exact) mass is 280 g/mol. The van der Waals surface area contributed by atoms with E-state index in [0.29, 0.717) is 6.04 Å². The number of rotatable bonds is 3. The van der Waals surface area contributed by atoms with E-state index in [2.05, 4.69) is 72.7 Å². The molecule has 1 atom stereocenters. The van der Waals surface area contributed by atoms with E-state index in [4.69, 9.17) is 0 Å². The lowest BCUT2D eigenvalue weighted by molar-refractivity contribution is 0.541. The fourth-order valence-corrected chi connectivity index (χ4v) is 3.29. The van der Waals surface area contributed by atoms with Crippen molar-refractivity contribution in [3.8, 4) is 0 Å². The van der Waals surface area contributed by atoms with Crippen LogP contribution >= 0.6 is 0 Å². The molecular formula is C19H24N2. The molecule has 1 heterocycles. The summed E-state index contributed by atoms with van der Waals surface area (Å²) in [4.78, 5) is 2.54. The maximum atomic E-state index is 3.47. The molecule has 2 aromatic rings. The highest BCUT2D eigenvalue weighted by Gasteiger charge is 2.21. The molecule has 1 aliphatic rings. The third-order valence-electron chi connectivity index (χ3n) is 4.54. The van der Waals surface area contributed by atoms with E-state index >= 15 is 0 Å². The van der Waals surface area contributed by atoms with Crippen molar-refractivity contribution in [2.24, 2.45) is 0 Å². The third-order valence-corrected chi connectivity index (χ3v) is 4.54. The Morgan fingerprint density at radius 1 is 1.10 bits per heavy atom. The maximum absolute atomic E-state index is 3.47. The number of nitrogens with one attached hydrogen (secondary N) is 1. The van der Waals surface area contributed by atoms with Crippen LogP contribution in [0.4, 0.5) is 5.69 Å². The molecular weight excluding hydrogens is 256 g/mol. The van der Waals surface area contributed by atoms with Crippen molar-refractivity contribution in [2.75, 3.05) is 18.5 Å². The largest absolute Gasteiger partial charge is 0.367 e. The van der Waals surface area contributed by atoms with Gasteiger partial charge in [-0.05, 0) is 49.6 Å². The van der Waals surface area contributed by atoms with Crippen LogP contribution in [0.3, 0.4) is 0 Å². The first kappa shape index (κ1) is 14.2. The van der Waals surface area contributed by atoms with Gasteiger partial charge in [-0.2, -0.15) is 0 Å². The molecule has 0 aliphatic carbocycles. The molecule has 1 N–H and O–H groups in total. The van der Waals surface area contributed by atoms with Crippen molar-refractivity contribution in [1.29, 1.82) is 0 Å². The summed E-state index contributed by atoms with van der Waals surface area (Å²) in [6.45, 7) is 4.33. The number of fused-ring (bicyclic) bond motifs is 1. The molecule has 0 saturated carbocycles. The zero-order chi connectivity index (χ0) is 14.7. The van der Waals surface area contributed by atoms with Gasteiger partial charge in [-0.1, -0.05) is 42.5 Å². The van der Waals surface area contributed by atoms with Crippen LogP contribution in [0.2, 0.25) is 0 Å². The number of hydrogen-bond donors (Lipinski definition) is 1. The van der Waals surface area contributed by atoms with Gasteiger partial charge >= 0.3 is 0 Å². The lowest BCUT2D eigenvalue weighted by atomic mass is 10.0. The second kappa shape index (κ2) is 6.31. The maximum Gasteiger partial charge on any atom is 0.0432 e. The van der Waals surface area contributed by atoms with E-state index in [9.17, 15) is 0 Å². The van der Waals surface area contributed by atoms with Gasteiger partial charge in [0.25, 0.3) is 0 Å². The Bertz CT molecular complexity index is 606. The Balaban J connectivity index is 1.93. The number of hydrogen-bond acceptors (Lipinski definition) is 2. The molecule has 2 heteroatoms. The normalized spacial score (nSPS) is 18.2. The van der Waals surface area contributed by atoms with Crippen LogP contribution in [0, 0.1) is 6.92 Å². The number of anilines is 1. The zero-order valence-corrected chi connectivity index (χ0v) is 13.0. The summed E-state index contributed by atoms with van der Waals surface area (Å²) in [6.07, 6.45) is 2.43. The molecule has 2 nitrogen and oxygen atoms in total. The number of nitrogens with zero attached hydrogens (tertiary/aromatic N) is 1. The van der Waals surface area contributed by atoms with E-state index in [1.165, 1.54) is 35.2 Å². The van der Waals surface area contributed by atoms with E-state index in [1.807, 2.05) is 0 Å². The van der Waals surface area contributed by atoms with Gasteiger partial charge in [0.05, 0.1) is 0 Å². The minimum Gasteiger partial charge on any atom is -0.367 e. The molecule has 2 aromatic carbocycles. The molecule has 21 heavy (non-hydrogen) atoms. The fourth-order valence-electron chi connectivity index (χ4n) is 3.29. The van der Waals surface area contributed by atoms with Gasteiger partial charge in [-0.15, -0.1) is 0 Å². The van der Waals surface area contributed by atoms with Gasteiger partial charge in [-0.25, -0.2) is 0 Å². The predicted octanol–water partition coefficient (Wildman–Crippen LogP) is 4.06. The van der Waals surface area contributed by atoms with Crippen molar-refractivity contribution in [3.05, 3.63) is 65.2 Å². The minimum atomic E-state index is 0.475. The Kier molecular flexibility index (Phi) is 4.26. The molecule has 0 radical (unpaired) electrons. The highest BCUT2D eigenvalue weighted by Crippen LogP contribution is 2.33. The molecule has 110 valence electrons. The molecule has 0 saturated heterocycles. The van der Waals surface area contributed by atoms with Gasteiger partial charge in [0.1, 0.15) is 0 Å². The smallest absolute Gasteiger partial charge is 0.0432 e. The van der Waals surface area contributed by atoms with Crippen molar-refractivity contribution in [3.63, 3.8) is 0 Å². The molecule has 1 unspecified atom stereocenters. The lowest BCUT2D eigenvalue weighted by Gasteiger charge is -2.26. The summed E-state index contributed by atoms with van der Waals surface area (Å²) in [5.41, 5.74) is 5.63. The van der Waals surface area contributed by atoms with E-state index in [0.717, 1.165) is 13.1 Å². The number of para-hydroxylation sites is 1. The van der Waals surface area contributed by atoms with E-state index in [-0.39, 0.29) is 0 Å². The van der Waals surface area contributed by atoms with E-state index in [1.54, 1.807) is 0 Å². The van der Waals surface area contributed by atoms with Crippen LogP contribution < -0.4 is 10.2 Å². The number of aryl methyl sites for hydroxylation is 1. The first-order valence-electron chi connectivity index (χ1n) is 7.85. The predicted molar refractivity (Wildman–Crippen MR) is 89.7 cm³/mol. The molecule has 0 amide bonds. The summed E-state index contributed by atoms with van der Waals surface area (Å²) < 4.78 is 0. The van der Waals surface area contributed by atoms with E-state index < -0.39 is 0 Å². The summed E-state index contributed by atoms with van der Waals surface area (Å²) in [5, 5.41) is 3.47. The van der Waals surface area contributed by atoms with Gasteiger partial charge < -0.3 is 10.2 Å². The summed E-state index contributed by atoms with van der Waals surface area (Å²) in [7, 11) is 2.07. The van der Waals surface area contributed by atoms with Crippen molar-refractivity contribution in [1.82, 2.24) is 5.32 Å². The third kappa shape index (κ3) is 2.96. The van der Waals surface area contributed by atoms with Crippen LogP contribution in [0.15, 0.2) is 48.5 Å². The molecule has 1 aliphatic heterocycles. The van der Waals surface area contributed by atoms with Crippen LogP contribution in [-0.2, 0) is 6.54 Å². The van der Waals surface area contributed by atoms with Gasteiger partial charge in [0.2, 0.25) is 0 Å². The molecule has 0 fully saturated rings. The molecule has 0 aromatic heterocycles. The topological polar surface area (TPSA) is 15.3 Å². The van der Waals surface area contributed by atoms with Crippen LogP contribution in [-0.4, -0.2) is 13.6 Å². The van der Waals surface area contributed by atoms with Crippen LogP contribution in [0.1, 0.15) is 35.6 Å². The van der Waals surface area contributed by atoms with Crippen molar-refractivity contribution >= 4 is 5.69 Å². The average Bonchev–Trinajstić information content (AvgIpc) is 2.69. The quantitative estimate of drug-likeness (QED) is 0.912. The molecule has 0 bridgehead atoms. The summed E-state index contributed by atoms with van der Waals surface area (Å²) in [6, 6.07) is 18.0. The lowest BCUT2D eigenvalue weighted by Crippen LogP contribution is -2.24. The first-order valence-corrected chi connectivity index (χ1v) is 7.85. The summed E-state index contributed by atoms with van der Waals surface area (Å²) in [5.74, 6) is 0. The molecule has 0 spiro atoms. The Morgan fingerprint density at radius 2 is 1.86 bits per heavy atom. The SMILES string of the molecule is CNC1CCCN(Cc2ccccc2C)c2ccccc21. The fraction of sp³-hybridized carbons (Fsp3) is 0.368. The van der Waals surface area contributed by atoms with Gasteiger partial charge in [-0.3, -0.25) is 0 Å². The Morgan fingerprint density at radius 3 is 2.67 bits per heavy atom. The Labute approximate surface area is 127 Å². The zero-order valence-electron chi connectivity index (χ0n) is 13.0. The summed E-state index contributed by atoms with van der Waals surface area (Å²) >= 11 is 0. The Hall–Kier alpha value is -1.80. The standard InChI is InChI=1S/C19H24N2/c1-15-8-3-4-9-16(15)14-21-13-7-11-18(20-2)17-10-5-6-12-19(17)21/h3-6,8-10,12,18,20H,7,11,13-14H2,1-2H3. The van der Waals surface area contributed by atoms with Crippen molar-refractivity contribution in [2.45, 2.75) is 32.4 Å². The number of benzene rings is 2. The van der Waals surface area contributed by atoms with Crippen molar-refractivity contribution < 1.29 is 0 Å². The second-order valence-corrected chi connectivity index (χ2v) is 5.89. The molecule has 3 rings (SSSR count). The van der Waals surface area contributed by atoms with Gasteiger partial charge in [0, 0.05) is 24.8 Å². The van der Waals surface area contributed by atoms with Crippen LogP contribution in [0.5, 0.6) is 0 Å². The van der Waals surface area contributed by atoms with Gasteiger partial charge in [0.15, 0.2) is 0 Å².